The average molecular weight is 234 g/mol. The Morgan fingerprint density at radius 2 is 2.12 bits per heavy atom. The number of likely N-dealkylation sites (N-methyl/N-ethyl adjacent to an activating group) is 1. The van der Waals surface area contributed by atoms with E-state index in [1.54, 1.807) is 25.1 Å². The Hall–Kier alpha value is -1.88. The lowest BCUT2D eigenvalue weighted by molar-refractivity contribution is -0.112. The van der Waals surface area contributed by atoms with Crippen LogP contribution in [0.4, 0.5) is 11.4 Å². The highest BCUT2D eigenvalue weighted by molar-refractivity contribution is 6.51. The fourth-order valence-corrected chi connectivity index (χ4v) is 1.87. The summed E-state index contributed by atoms with van der Waals surface area (Å²) in [7, 11) is 1.84. The molecule has 0 spiro atoms. The number of nitrogens with zero attached hydrogens (tertiary/aromatic N) is 1. The van der Waals surface area contributed by atoms with Gasteiger partial charge in [0.25, 0.3) is 11.7 Å². The van der Waals surface area contributed by atoms with Crippen LogP contribution in [0.15, 0.2) is 18.2 Å². The highest BCUT2D eigenvalue weighted by Gasteiger charge is 2.28. The summed E-state index contributed by atoms with van der Waals surface area (Å²) in [6.07, 6.45) is -0.440. The van der Waals surface area contributed by atoms with Gasteiger partial charge in [-0.3, -0.25) is 9.59 Å². The Bertz CT molecular complexity index is 483. The van der Waals surface area contributed by atoms with Crippen molar-refractivity contribution in [1.29, 1.82) is 0 Å². The molecule has 90 valence electrons. The number of hydrogen-bond acceptors (Lipinski definition) is 4. The predicted molar refractivity (Wildman–Crippen MR) is 64.4 cm³/mol. The topological polar surface area (TPSA) is 69.6 Å². The molecule has 1 aliphatic heterocycles. The zero-order chi connectivity index (χ0) is 12.6. The van der Waals surface area contributed by atoms with Gasteiger partial charge in [-0.2, -0.15) is 0 Å². The van der Waals surface area contributed by atoms with Gasteiger partial charge in [-0.1, -0.05) is 0 Å². The highest BCUT2D eigenvalue weighted by Crippen LogP contribution is 2.27. The van der Waals surface area contributed by atoms with Gasteiger partial charge in [0, 0.05) is 19.3 Å². The van der Waals surface area contributed by atoms with Crippen LogP contribution in [-0.2, 0) is 4.79 Å². The van der Waals surface area contributed by atoms with Gasteiger partial charge >= 0.3 is 0 Å². The number of Topliss-reactive ketones (excluding diaryl/α,β-unsaturated/α-hetero) is 1. The lowest BCUT2D eigenvalue weighted by atomic mass is 10.1. The zero-order valence-corrected chi connectivity index (χ0v) is 9.73. The van der Waals surface area contributed by atoms with Crippen molar-refractivity contribution in [3.8, 4) is 0 Å². The molecule has 1 aromatic rings. The molecule has 17 heavy (non-hydrogen) atoms. The summed E-state index contributed by atoms with van der Waals surface area (Å²) >= 11 is 0. The predicted octanol–water partition coefficient (Wildman–Crippen LogP) is 0.638. The van der Waals surface area contributed by atoms with Crippen LogP contribution < -0.4 is 10.2 Å². The van der Waals surface area contributed by atoms with E-state index in [0.29, 0.717) is 17.8 Å². The molecule has 1 aliphatic rings. The maximum absolute atomic E-state index is 11.4. The third-order valence-electron chi connectivity index (χ3n) is 2.68. The molecular weight excluding hydrogens is 220 g/mol. The molecule has 1 aromatic carbocycles. The maximum Gasteiger partial charge on any atom is 0.296 e. The molecule has 0 saturated heterocycles. The van der Waals surface area contributed by atoms with Crippen molar-refractivity contribution in [1.82, 2.24) is 0 Å². The molecule has 5 nitrogen and oxygen atoms in total. The molecule has 0 aromatic heterocycles. The van der Waals surface area contributed by atoms with Crippen molar-refractivity contribution >= 4 is 23.1 Å². The van der Waals surface area contributed by atoms with Crippen molar-refractivity contribution in [2.75, 3.05) is 23.8 Å². The lowest BCUT2D eigenvalue weighted by Crippen LogP contribution is -2.26. The number of aliphatic hydroxyl groups is 1. The number of carbonyl (C=O) groups is 2. The van der Waals surface area contributed by atoms with Crippen LogP contribution in [0.2, 0.25) is 0 Å². The number of hydrogen-bond donors (Lipinski definition) is 2. The third-order valence-corrected chi connectivity index (χ3v) is 2.68. The Morgan fingerprint density at radius 1 is 1.41 bits per heavy atom. The Labute approximate surface area is 99.0 Å². The number of carbonyl (C=O) groups excluding carboxylic acids is 2. The summed E-state index contributed by atoms with van der Waals surface area (Å²) in [5, 5.41) is 11.8. The summed E-state index contributed by atoms with van der Waals surface area (Å²) < 4.78 is 0. The van der Waals surface area contributed by atoms with E-state index in [0.717, 1.165) is 5.69 Å². The molecule has 0 fully saturated rings. The van der Waals surface area contributed by atoms with Crippen LogP contribution >= 0.6 is 0 Å². The highest BCUT2D eigenvalue weighted by atomic mass is 16.3. The van der Waals surface area contributed by atoms with Crippen molar-refractivity contribution in [3.05, 3.63) is 23.8 Å². The monoisotopic (exact) mass is 234 g/mol. The minimum Gasteiger partial charge on any atom is -0.392 e. The molecule has 2 rings (SSSR count). The van der Waals surface area contributed by atoms with Gasteiger partial charge in [-0.05, 0) is 25.1 Å². The van der Waals surface area contributed by atoms with Gasteiger partial charge in [0.05, 0.1) is 17.4 Å². The summed E-state index contributed by atoms with van der Waals surface area (Å²) in [5.41, 5.74) is 1.79. The molecular formula is C12H14N2O3. The first-order valence-electron chi connectivity index (χ1n) is 5.38. The molecule has 1 atom stereocenters. The number of fused-ring (bicyclic) bond motifs is 1. The molecule has 5 heteroatoms. The molecule has 1 amide bonds. The van der Waals surface area contributed by atoms with Gasteiger partial charge in [0.1, 0.15) is 0 Å². The lowest BCUT2D eigenvalue weighted by Gasteiger charge is -2.21. The van der Waals surface area contributed by atoms with E-state index in [2.05, 4.69) is 5.32 Å². The first-order valence-corrected chi connectivity index (χ1v) is 5.38. The number of rotatable bonds is 3. The quantitative estimate of drug-likeness (QED) is 0.753. The van der Waals surface area contributed by atoms with Crippen LogP contribution in [-0.4, -0.2) is 36.5 Å². The van der Waals surface area contributed by atoms with Crippen molar-refractivity contribution in [2.24, 2.45) is 0 Å². The largest absolute Gasteiger partial charge is 0.392 e. The normalized spacial score (nSPS) is 15.5. The van der Waals surface area contributed by atoms with Crippen LogP contribution in [0.1, 0.15) is 17.3 Å². The fourth-order valence-electron chi connectivity index (χ4n) is 1.87. The zero-order valence-electron chi connectivity index (χ0n) is 9.73. The first-order chi connectivity index (χ1) is 7.99. The third kappa shape index (κ3) is 2.14. The summed E-state index contributed by atoms with van der Waals surface area (Å²) in [6.45, 7) is 2.19. The van der Waals surface area contributed by atoms with Gasteiger partial charge in [0.2, 0.25) is 0 Å². The number of benzene rings is 1. The van der Waals surface area contributed by atoms with E-state index in [-0.39, 0.29) is 0 Å². The first kappa shape index (κ1) is 11.6. The Kier molecular flexibility index (Phi) is 2.85. The Balaban J connectivity index is 2.27. The molecule has 2 N–H and O–H groups in total. The molecule has 0 saturated carbocycles. The van der Waals surface area contributed by atoms with Crippen LogP contribution in [0.25, 0.3) is 0 Å². The van der Waals surface area contributed by atoms with Crippen LogP contribution in [0, 0.1) is 0 Å². The molecule has 0 bridgehead atoms. The summed E-state index contributed by atoms with van der Waals surface area (Å²) in [6, 6.07) is 5.13. The maximum atomic E-state index is 11.4. The van der Waals surface area contributed by atoms with E-state index >= 15 is 0 Å². The van der Waals surface area contributed by atoms with E-state index in [1.807, 2.05) is 11.9 Å². The molecule has 1 unspecified atom stereocenters. The van der Waals surface area contributed by atoms with Crippen molar-refractivity contribution in [3.63, 3.8) is 0 Å². The second kappa shape index (κ2) is 4.18. The van der Waals surface area contributed by atoms with E-state index in [9.17, 15) is 14.7 Å². The second-order valence-electron chi connectivity index (χ2n) is 4.24. The SMILES string of the molecule is CC(O)CN(C)c1ccc2c(c1)NC(=O)C2=O. The van der Waals surface area contributed by atoms with E-state index < -0.39 is 17.8 Å². The number of anilines is 2. The van der Waals surface area contributed by atoms with E-state index in [1.165, 1.54) is 0 Å². The minimum atomic E-state index is -0.588. The van der Waals surface area contributed by atoms with Crippen LogP contribution in [0.5, 0.6) is 0 Å². The second-order valence-corrected chi connectivity index (χ2v) is 4.24. The number of ketones is 1. The number of amides is 1. The summed E-state index contributed by atoms with van der Waals surface area (Å²) in [5.74, 6) is -1.08. The van der Waals surface area contributed by atoms with Crippen molar-refractivity contribution < 1.29 is 14.7 Å². The molecule has 0 aliphatic carbocycles. The van der Waals surface area contributed by atoms with Gasteiger partial charge in [-0.15, -0.1) is 0 Å². The van der Waals surface area contributed by atoms with E-state index in [4.69, 9.17) is 0 Å². The van der Waals surface area contributed by atoms with Crippen molar-refractivity contribution in [2.45, 2.75) is 13.0 Å². The Morgan fingerprint density at radius 3 is 2.76 bits per heavy atom. The fraction of sp³-hybridized carbons (Fsp3) is 0.333. The van der Waals surface area contributed by atoms with Gasteiger partial charge in [0.15, 0.2) is 0 Å². The smallest absolute Gasteiger partial charge is 0.296 e. The minimum absolute atomic E-state index is 0.407. The molecule has 1 heterocycles. The number of aliphatic hydroxyl groups excluding tert-OH is 1. The summed E-state index contributed by atoms with van der Waals surface area (Å²) in [4.78, 5) is 24.4. The van der Waals surface area contributed by atoms with Gasteiger partial charge in [-0.25, -0.2) is 0 Å². The standard InChI is InChI=1S/C12H14N2O3/c1-7(15)6-14(2)8-3-4-9-10(5-8)13-12(17)11(9)16/h3-5,7,15H,6H2,1-2H3,(H,13,16,17). The average Bonchev–Trinajstić information content (AvgIpc) is 2.53. The molecule has 0 radical (unpaired) electrons. The van der Waals surface area contributed by atoms with Crippen LogP contribution in [0.3, 0.4) is 0 Å². The van der Waals surface area contributed by atoms with Gasteiger partial charge < -0.3 is 15.3 Å². The number of nitrogens with one attached hydrogen (secondary N) is 1.